The molecule has 2 aliphatic rings. The number of fused-ring (bicyclic) bond motifs is 1. The van der Waals surface area contributed by atoms with E-state index < -0.39 is 12.2 Å². The van der Waals surface area contributed by atoms with E-state index in [9.17, 15) is 9.59 Å². The number of benzene rings is 1. The second kappa shape index (κ2) is 10.7. The van der Waals surface area contributed by atoms with Crippen LogP contribution in [0, 0.1) is 0 Å². The highest BCUT2D eigenvalue weighted by molar-refractivity contribution is 5.92. The van der Waals surface area contributed by atoms with Crippen molar-refractivity contribution < 1.29 is 33.3 Å². The highest BCUT2D eigenvalue weighted by atomic mass is 16.7. The SMILES string of the molecule is O=C(C1=CC(c2coc3ccccc3c2=O)CC(OCCOCCO)O1)N1CCOCC1. The van der Waals surface area contributed by atoms with E-state index in [1.54, 1.807) is 35.2 Å². The van der Waals surface area contributed by atoms with Gasteiger partial charge in [-0.05, 0) is 18.2 Å². The zero-order valence-electron chi connectivity index (χ0n) is 17.7. The molecule has 9 nitrogen and oxygen atoms in total. The smallest absolute Gasteiger partial charge is 0.288 e. The maximum Gasteiger partial charge on any atom is 0.288 e. The Morgan fingerprint density at radius 3 is 2.78 bits per heavy atom. The molecule has 0 saturated carbocycles. The van der Waals surface area contributed by atoms with Gasteiger partial charge in [0.05, 0.1) is 51.3 Å². The first kappa shape index (κ1) is 22.5. The molecular formula is C23H27NO8. The molecule has 2 unspecified atom stereocenters. The molecule has 1 saturated heterocycles. The number of hydrogen-bond acceptors (Lipinski definition) is 8. The Labute approximate surface area is 185 Å². The fourth-order valence-corrected chi connectivity index (χ4v) is 3.80. The van der Waals surface area contributed by atoms with Crippen LogP contribution < -0.4 is 5.43 Å². The van der Waals surface area contributed by atoms with Crippen LogP contribution in [0.5, 0.6) is 0 Å². The monoisotopic (exact) mass is 445 g/mol. The summed E-state index contributed by atoms with van der Waals surface area (Å²) in [6.45, 7) is 2.54. The van der Waals surface area contributed by atoms with E-state index in [0.29, 0.717) is 49.3 Å². The molecule has 1 amide bonds. The average molecular weight is 445 g/mol. The standard InChI is InChI=1S/C23H27NO8/c25-7-10-29-11-12-30-21-14-16(13-20(32-21)23(27)24-5-8-28-9-6-24)18-15-31-19-4-2-1-3-17(19)22(18)26/h1-4,13,15-16,21,25H,5-12,14H2. The third kappa shape index (κ3) is 5.18. The van der Waals surface area contributed by atoms with Crippen LogP contribution in [-0.2, 0) is 23.7 Å². The predicted octanol–water partition coefficient (Wildman–Crippen LogP) is 1.39. The second-order valence-electron chi connectivity index (χ2n) is 7.55. The molecule has 1 aromatic heterocycles. The number of ether oxygens (including phenoxy) is 4. The van der Waals surface area contributed by atoms with Crippen molar-refractivity contribution in [2.75, 3.05) is 52.7 Å². The lowest BCUT2D eigenvalue weighted by Gasteiger charge is -2.32. The topological polar surface area (TPSA) is 108 Å². The summed E-state index contributed by atoms with van der Waals surface area (Å²) in [4.78, 5) is 27.8. The van der Waals surface area contributed by atoms with E-state index in [2.05, 4.69) is 0 Å². The molecule has 0 aliphatic carbocycles. The second-order valence-corrected chi connectivity index (χ2v) is 7.55. The van der Waals surface area contributed by atoms with Gasteiger partial charge >= 0.3 is 0 Å². The lowest BCUT2D eigenvalue weighted by Crippen LogP contribution is -2.43. The number of allylic oxidation sites excluding steroid dienone is 1. The highest BCUT2D eigenvalue weighted by Crippen LogP contribution is 2.31. The molecule has 2 aliphatic heterocycles. The summed E-state index contributed by atoms with van der Waals surface area (Å²) in [6, 6.07) is 7.06. The Morgan fingerprint density at radius 2 is 1.97 bits per heavy atom. The number of rotatable bonds is 8. The van der Waals surface area contributed by atoms with Crippen molar-refractivity contribution >= 4 is 16.9 Å². The minimum Gasteiger partial charge on any atom is -0.464 e. The largest absolute Gasteiger partial charge is 0.464 e. The van der Waals surface area contributed by atoms with Crippen LogP contribution in [0.25, 0.3) is 11.0 Å². The van der Waals surface area contributed by atoms with Gasteiger partial charge in [0.15, 0.2) is 11.2 Å². The summed E-state index contributed by atoms with van der Waals surface area (Å²) < 4.78 is 27.9. The van der Waals surface area contributed by atoms with Gasteiger partial charge in [-0.3, -0.25) is 9.59 Å². The van der Waals surface area contributed by atoms with Gasteiger partial charge in [-0.1, -0.05) is 12.1 Å². The van der Waals surface area contributed by atoms with Gasteiger partial charge in [0.1, 0.15) is 5.58 Å². The van der Waals surface area contributed by atoms with Gasteiger partial charge in [-0.2, -0.15) is 0 Å². The Bertz CT molecular complexity index is 1010. The zero-order valence-corrected chi connectivity index (χ0v) is 17.7. The molecular weight excluding hydrogens is 418 g/mol. The minimum atomic E-state index is -0.728. The molecule has 0 radical (unpaired) electrons. The van der Waals surface area contributed by atoms with Crippen LogP contribution in [0.4, 0.5) is 0 Å². The molecule has 32 heavy (non-hydrogen) atoms. The molecule has 1 aromatic carbocycles. The van der Waals surface area contributed by atoms with Crippen molar-refractivity contribution in [1.29, 1.82) is 0 Å². The number of amides is 1. The number of carbonyl (C=O) groups is 1. The molecule has 0 spiro atoms. The first-order valence-electron chi connectivity index (χ1n) is 10.7. The van der Waals surface area contributed by atoms with E-state index >= 15 is 0 Å². The fourth-order valence-electron chi connectivity index (χ4n) is 3.80. The number of carbonyl (C=O) groups excluding carboxylic acids is 1. The normalized spacial score (nSPS) is 21.3. The van der Waals surface area contributed by atoms with Gasteiger partial charge in [-0.15, -0.1) is 0 Å². The van der Waals surface area contributed by atoms with Crippen LogP contribution in [-0.4, -0.2) is 74.9 Å². The number of aliphatic hydroxyl groups is 1. The predicted molar refractivity (Wildman–Crippen MR) is 114 cm³/mol. The van der Waals surface area contributed by atoms with Gasteiger partial charge in [-0.25, -0.2) is 0 Å². The molecule has 0 bridgehead atoms. The van der Waals surface area contributed by atoms with E-state index in [1.165, 1.54) is 6.26 Å². The van der Waals surface area contributed by atoms with Gasteiger partial charge in [0.2, 0.25) is 6.29 Å². The molecule has 2 aromatic rings. The Balaban J connectivity index is 1.58. The summed E-state index contributed by atoms with van der Waals surface area (Å²) >= 11 is 0. The van der Waals surface area contributed by atoms with E-state index in [4.69, 9.17) is 28.5 Å². The third-order valence-corrected chi connectivity index (χ3v) is 5.44. The summed E-state index contributed by atoms with van der Waals surface area (Å²) in [6.07, 6.45) is 2.76. The van der Waals surface area contributed by atoms with E-state index in [1.807, 2.05) is 0 Å². The van der Waals surface area contributed by atoms with Crippen molar-refractivity contribution in [2.24, 2.45) is 0 Å². The molecule has 1 N–H and O–H groups in total. The molecule has 4 rings (SSSR count). The van der Waals surface area contributed by atoms with E-state index in [0.717, 1.165) is 0 Å². The molecule has 172 valence electrons. The Morgan fingerprint density at radius 1 is 1.16 bits per heavy atom. The summed E-state index contributed by atoms with van der Waals surface area (Å²) in [5, 5.41) is 9.30. The van der Waals surface area contributed by atoms with Crippen LogP contribution >= 0.6 is 0 Å². The minimum absolute atomic E-state index is 0.0688. The Hall–Kier alpha value is -2.72. The molecule has 3 heterocycles. The quantitative estimate of drug-likeness (QED) is 0.608. The summed E-state index contributed by atoms with van der Waals surface area (Å²) in [7, 11) is 0. The number of nitrogens with zero attached hydrogens (tertiary/aromatic N) is 1. The third-order valence-electron chi connectivity index (χ3n) is 5.44. The molecule has 9 heteroatoms. The maximum absolute atomic E-state index is 13.1. The van der Waals surface area contributed by atoms with Crippen LogP contribution in [0.3, 0.4) is 0 Å². The zero-order chi connectivity index (χ0) is 22.3. The lowest BCUT2D eigenvalue weighted by atomic mass is 9.93. The highest BCUT2D eigenvalue weighted by Gasteiger charge is 2.33. The van der Waals surface area contributed by atoms with Gasteiger partial charge in [0, 0.05) is 31.0 Å². The number of hydrogen-bond donors (Lipinski definition) is 1. The van der Waals surface area contributed by atoms with Crippen molar-refractivity contribution in [3.05, 3.63) is 58.2 Å². The molecule has 2 atom stereocenters. The summed E-state index contributed by atoms with van der Waals surface area (Å²) in [5.41, 5.74) is 0.818. The van der Waals surface area contributed by atoms with Gasteiger partial charge in [0.25, 0.3) is 5.91 Å². The van der Waals surface area contributed by atoms with Crippen LogP contribution in [0.1, 0.15) is 17.9 Å². The maximum atomic E-state index is 13.1. The van der Waals surface area contributed by atoms with Crippen molar-refractivity contribution in [3.63, 3.8) is 0 Å². The van der Waals surface area contributed by atoms with Gasteiger partial charge < -0.3 is 33.4 Å². The number of para-hydroxylation sites is 1. The molecule has 1 fully saturated rings. The first-order valence-corrected chi connectivity index (χ1v) is 10.7. The first-order chi connectivity index (χ1) is 15.7. The van der Waals surface area contributed by atoms with Crippen LogP contribution in [0.15, 0.2) is 51.6 Å². The van der Waals surface area contributed by atoms with Crippen LogP contribution in [0.2, 0.25) is 0 Å². The van der Waals surface area contributed by atoms with Crippen molar-refractivity contribution in [1.82, 2.24) is 4.90 Å². The summed E-state index contributed by atoms with van der Waals surface area (Å²) in [5.74, 6) is -0.516. The fraction of sp³-hybridized carbons (Fsp3) is 0.478. The average Bonchev–Trinajstić information content (AvgIpc) is 2.84. The van der Waals surface area contributed by atoms with Crippen molar-refractivity contribution in [3.8, 4) is 0 Å². The van der Waals surface area contributed by atoms with Crippen molar-refractivity contribution in [2.45, 2.75) is 18.6 Å². The lowest BCUT2D eigenvalue weighted by molar-refractivity contribution is -0.158. The number of morpholine rings is 1. The van der Waals surface area contributed by atoms with E-state index in [-0.39, 0.29) is 43.5 Å². The Kier molecular flexibility index (Phi) is 7.54. The number of aliphatic hydroxyl groups excluding tert-OH is 1.